The molecule has 0 fully saturated rings. The fourth-order valence-corrected chi connectivity index (χ4v) is 3.32. The van der Waals surface area contributed by atoms with Crippen LogP contribution in [0.3, 0.4) is 0 Å². The highest BCUT2D eigenvalue weighted by Crippen LogP contribution is 2.34. The molecule has 0 amide bonds. The van der Waals surface area contributed by atoms with Crippen molar-refractivity contribution in [3.63, 3.8) is 0 Å². The van der Waals surface area contributed by atoms with Crippen LogP contribution in [-0.4, -0.2) is 38.2 Å². The molecular weight excluding hydrogens is 428 g/mol. The molecule has 0 aliphatic carbocycles. The van der Waals surface area contributed by atoms with Gasteiger partial charge in [-0.2, -0.15) is 0 Å². The summed E-state index contributed by atoms with van der Waals surface area (Å²) in [4.78, 5) is 2.40. The lowest BCUT2D eigenvalue weighted by Gasteiger charge is -2.18. The maximum Gasteiger partial charge on any atom is 0.162 e. The first-order chi connectivity index (χ1) is 13.1. The molecule has 2 rings (SSSR count). The van der Waals surface area contributed by atoms with Gasteiger partial charge in [0.1, 0.15) is 6.61 Å². The summed E-state index contributed by atoms with van der Waals surface area (Å²) >= 11 is 9.58. The highest BCUT2D eigenvalue weighted by molar-refractivity contribution is 9.10. The molecular formula is C21H28BrClN2O2. The van der Waals surface area contributed by atoms with Crippen molar-refractivity contribution in [3.8, 4) is 11.5 Å². The van der Waals surface area contributed by atoms with Gasteiger partial charge in [-0.15, -0.1) is 0 Å². The molecule has 0 bridgehead atoms. The monoisotopic (exact) mass is 454 g/mol. The van der Waals surface area contributed by atoms with Crippen LogP contribution in [0.2, 0.25) is 5.02 Å². The molecule has 4 nitrogen and oxygen atoms in total. The number of hydrogen-bond acceptors (Lipinski definition) is 4. The summed E-state index contributed by atoms with van der Waals surface area (Å²) in [6.07, 6.45) is 0. The van der Waals surface area contributed by atoms with Gasteiger partial charge in [-0.25, -0.2) is 0 Å². The second-order valence-electron chi connectivity index (χ2n) is 6.21. The van der Waals surface area contributed by atoms with Crippen LogP contribution in [0.5, 0.6) is 11.5 Å². The van der Waals surface area contributed by atoms with E-state index in [1.165, 1.54) is 0 Å². The van der Waals surface area contributed by atoms with E-state index in [2.05, 4.69) is 40.0 Å². The van der Waals surface area contributed by atoms with Gasteiger partial charge in [-0.1, -0.05) is 53.5 Å². The summed E-state index contributed by atoms with van der Waals surface area (Å²) < 4.78 is 12.5. The van der Waals surface area contributed by atoms with Crippen LogP contribution in [0.4, 0.5) is 0 Å². The number of ether oxygens (including phenoxy) is 2. The predicted molar refractivity (Wildman–Crippen MR) is 116 cm³/mol. The lowest BCUT2D eigenvalue weighted by molar-refractivity contribution is 0.284. The van der Waals surface area contributed by atoms with Crippen molar-refractivity contribution in [2.45, 2.75) is 27.0 Å². The van der Waals surface area contributed by atoms with E-state index in [9.17, 15) is 0 Å². The number of halogens is 2. The normalized spacial score (nSPS) is 11.0. The van der Waals surface area contributed by atoms with E-state index in [-0.39, 0.29) is 0 Å². The maximum absolute atomic E-state index is 5.95. The molecule has 0 aromatic heterocycles. The molecule has 148 valence electrons. The zero-order valence-electron chi connectivity index (χ0n) is 16.2. The fraction of sp³-hybridized carbons (Fsp3) is 0.429. The minimum atomic E-state index is 0.460. The third-order valence-electron chi connectivity index (χ3n) is 4.45. The summed E-state index contributed by atoms with van der Waals surface area (Å²) in [6, 6.07) is 11.6. The number of nitrogens with zero attached hydrogens (tertiary/aromatic N) is 1. The molecule has 0 spiro atoms. The Morgan fingerprint density at radius 1 is 1.07 bits per heavy atom. The summed E-state index contributed by atoms with van der Waals surface area (Å²) in [5, 5.41) is 4.21. The van der Waals surface area contributed by atoms with Gasteiger partial charge >= 0.3 is 0 Å². The van der Waals surface area contributed by atoms with Crippen molar-refractivity contribution in [3.05, 3.63) is 57.0 Å². The molecule has 0 aliphatic heterocycles. The first kappa shape index (κ1) is 22.0. The van der Waals surface area contributed by atoms with Gasteiger partial charge in [0.2, 0.25) is 0 Å². The van der Waals surface area contributed by atoms with Crippen molar-refractivity contribution in [2.24, 2.45) is 0 Å². The molecule has 0 saturated heterocycles. The highest BCUT2D eigenvalue weighted by atomic mass is 79.9. The van der Waals surface area contributed by atoms with Crippen LogP contribution in [0.15, 0.2) is 40.9 Å². The number of likely N-dealkylation sites (N-methyl/N-ethyl adjacent to an activating group) is 1. The molecule has 1 N–H and O–H groups in total. The van der Waals surface area contributed by atoms with Crippen LogP contribution < -0.4 is 14.8 Å². The second-order valence-corrected chi connectivity index (χ2v) is 7.50. The second kappa shape index (κ2) is 11.5. The van der Waals surface area contributed by atoms with E-state index in [1.807, 2.05) is 36.4 Å². The molecule has 2 aromatic carbocycles. The Hall–Kier alpha value is -1.27. The Morgan fingerprint density at radius 3 is 2.41 bits per heavy atom. The van der Waals surface area contributed by atoms with Crippen LogP contribution in [-0.2, 0) is 13.2 Å². The lowest BCUT2D eigenvalue weighted by atomic mass is 10.2. The number of benzene rings is 2. The van der Waals surface area contributed by atoms with Crippen LogP contribution in [0.1, 0.15) is 25.0 Å². The number of nitrogens with one attached hydrogen (secondary N) is 1. The Balaban J connectivity index is 1.95. The van der Waals surface area contributed by atoms with Crippen LogP contribution in [0.25, 0.3) is 0 Å². The molecule has 0 unspecified atom stereocenters. The van der Waals surface area contributed by atoms with E-state index in [0.29, 0.717) is 12.4 Å². The molecule has 2 aromatic rings. The smallest absolute Gasteiger partial charge is 0.162 e. The van der Waals surface area contributed by atoms with Crippen molar-refractivity contribution in [1.29, 1.82) is 0 Å². The SMILES string of the molecule is CCN(CC)CCNCc1cc(OC)c(OCc2ccc(Cl)cc2)cc1Br. The fourth-order valence-electron chi connectivity index (χ4n) is 2.73. The van der Waals surface area contributed by atoms with Crippen molar-refractivity contribution >= 4 is 27.5 Å². The van der Waals surface area contributed by atoms with Gasteiger partial charge in [-0.3, -0.25) is 0 Å². The Bertz CT molecular complexity index is 706. The summed E-state index contributed by atoms with van der Waals surface area (Å²) in [7, 11) is 1.66. The quantitative estimate of drug-likeness (QED) is 0.477. The van der Waals surface area contributed by atoms with Crippen LogP contribution >= 0.6 is 27.5 Å². The van der Waals surface area contributed by atoms with Gasteiger partial charge in [0.05, 0.1) is 7.11 Å². The molecule has 27 heavy (non-hydrogen) atoms. The molecule has 0 saturated carbocycles. The first-order valence-electron chi connectivity index (χ1n) is 9.24. The molecule has 0 heterocycles. The van der Waals surface area contributed by atoms with E-state index in [1.54, 1.807) is 7.11 Å². The Kier molecular flexibility index (Phi) is 9.42. The van der Waals surface area contributed by atoms with E-state index >= 15 is 0 Å². The van der Waals surface area contributed by atoms with Gasteiger partial charge in [-0.05, 0) is 48.5 Å². The minimum absolute atomic E-state index is 0.460. The van der Waals surface area contributed by atoms with Crippen molar-refractivity contribution in [2.75, 3.05) is 33.3 Å². The van der Waals surface area contributed by atoms with Crippen LogP contribution in [0, 0.1) is 0 Å². The van der Waals surface area contributed by atoms with Crippen molar-refractivity contribution < 1.29 is 9.47 Å². The summed E-state index contributed by atoms with van der Waals surface area (Å²) in [5.74, 6) is 1.44. The number of hydrogen-bond donors (Lipinski definition) is 1. The average Bonchev–Trinajstić information content (AvgIpc) is 2.68. The first-order valence-corrected chi connectivity index (χ1v) is 10.4. The van der Waals surface area contributed by atoms with Gasteiger partial charge in [0.25, 0.3) is 0 Å². The van der Waals surface area contributed by atoms with E-state index in [4.69, 9.17) is 21.1 Å². The Labute approximate surface area is 175 Å². The van der Waals surface area contributed by atoms with Gasteiger partial charge in [0, 0.05) is 29.1 Å². The van der Waals surface area contributed by atoms with E-state index < -0.39 is 0 Å². The topological polar surface area (TPSA) is 33.7 Å². The molecule has 0 aliphatic rings. The number of rotatable bonds is 11. The third-order valence-corrected chi connectivity index (χ3v) is 5.45. The Morgan fingerprint density at radius 2 is 1.78 bits per heavy atom. The zero-order valence-corrected chi connectivity index (χ0v) is 18.6. The molecule has 6 heteroatoms. The average molecular weight is 456 g/mol. The molecule has 0 radical (unpaired) electrons. The van der Waals surface area contributed by atoms with Gasteiger partial charge in [0.15, 0.2) is 11.5 Å². The maximum atomic E-state index is 5.95. The summed E-state index contributed by atoms with van der Waals surface area (Å²) in [5.41, 5.74) is 2.20. The highest BCUT2D eigenvalue weighted by Gasteiger charge is 2.11. The van der Waals surface area contributed by atoms with E-state index in [0.717, 1.165) is 59.1 Å². The molecule has 0 atom stereocenters. The predicted octanol–water partition coefficient (Wildman–Crippen LogP) is 5.12. The number of methoxy groups -OCH3 is 1. The summed E-state index contributed by atoms with van der Waals surface area (Å²) in [6.45, 7) is 9.76. The standard InChI is InChI=1S/C21H28BrClN2O2/c1-4-25(5-2)11-10-24-14-17-12-20(26-3)21(13-19(17)22)27-15-16-6-8-18(23)9-7-16/h6-9,12-13,24H,4-5,10-11,14-15H2,1-3H3. The zero-order chi connectivity index (χ0) is 19.6. The largest absolute Gasteiger partial charge is 0.493 e. The third kappa shape index (κ3) is 7.00. The lowest BCUT2D eigenvalue weighted by Crippen LogP contribution is -2.31. The van der Waals surface area contributed by atoms with Gasteiger partial charge < -0.3 is 19.7 Å². The minimum Gasteiger partial charge on any atom is -0.493 e. The van der Waals surface area contributed by atoms with Crippen molar-refractivity contribution in [1.82, 2.24) is 10.2 Å².